The molecule has 0 aliphatic carbocycles. The highest BCUT2D eigenvalue weighted by molar-refractivity contribution is 6.11. The fourth-order valence-electron chi connectivity index (χ4n) is 3.51. The fraction of sp³-hybridized carbons (Fsp3) is 0.562. The van der Waals surface area contributed by atoms with Crippen LogP contribution in [0.1, 0.15) is 25.3 Å². The van der Waals surface area contributed by atoms with E-state index in [1.165, 1.54) is 0 Å². The minimum Gasteiger partial charge on any atom is -0.461 e. The second kappa shape index (κ2) is 5.81. The van der Waals surface area contributed by atoms with E-state index in [2.05, 4.69) is 6.92 Å². The Bertz CT molecular complexity index is 506. The van der Waals surface area contributed by atoms with E-state index in [1.807, 2.05) is 38.2 Å². The van der Waals surface area contributed by atoms with Crippen molar-refractivity contribution in [3.05, 3.63) is 35.9 Å². The first-order valence-electron chi connectivity index (χ1n) is 7.60. The Morgan fingerprint density at radius 3 is 2.95 bits per heavy atom. The van der Waals surface area contributed by atoms with Gasteiger partial charge in [0.1, 0.15) is 14.5 Å². The molecule has 0 N–H and O–H groups in total. The Morgan fingerprint density at radius 1 is 1.43 bits per heavy atom. The number of esters is 1. The third-order valence-electron chi connectivity index (χ3n) is 4.73. The SMILES string of the molecule is B[C@@H]1O[C@@]2(CC(=O)OCc3ccccc3)CCOC1C2C. The normalized spacial score (nSPS) is 34.6. The van der Waals surface area contributed by atoms with Gasteiger partial charge in [0.25, 0.3) is 0 Å². The molecule has 4 nitrogen and oxygen atoms in total. The molecular formula is C16H21BO4. The smallest absolute Gasteiger partial charge is 0.309 e. The predicted octanol–water partition coefficient (Wildman–Crippen LogP) is 1.27. The van der Waals surface area contributed by atoms with Crippen molar-refractivity contribution in [3.63, 3.8) is 0 Å². The van der Waals surface area contributed by atoms with E-state index in [9.17, 15) is 4.79 Å². The van der Waals surface area contributed by atoms with Crippen molar-refractivity contribution in [2.24, 2.45) is 5.92 Å². The minimum absolute atomic E-state index is 0.0458. The molecule has 112 valence electrons. The van der Waals surface area contributed by atoms with E-state index in [-0.39, 0.29) is 24.0 Å². The fourth-order valence-corrected chi connectivity index (χ4v) is 3.51. The summed E-state index contributed by atoms with van der Waals surface area (Å²) in [6.45, 7) is 3.09. The second-order valence-electron chi connectivity index (χ2n) is 6.08. The number of fused-ring (bicyclic) bond motifs is 2. The maximum absolute atomic E-state index is 12.2. The number of hydrogen-bond acceptors (Lipinski definition) is 4. The number of ether oxygens (including phenoxy) is 3. The molecule has 0 amide bonds. The van der Waals surface area contributed by atoms with Crippen LogP contribution in [0, 0.1) is 5.92 Å². The molecule has 2 unspecified atom stereocenters. The van der Waals surface area contributed by atoms with Crippen molar-refractivity contribution in [1.29, 1.82) is 0 Å². The Balaban J connectivity index is 1.59. The maximum Gasteiger partial charge on any atom is 0.309 e. The van der Waals surface area contributed by atoms with Crippen LogP contribution < -0.4 is 0 Å². The van der Waals surface area contributed by atoms with E-state index in [0.717, 1.165) is 12.0 Å². The minimum atomic E-state index is -0.407. The van der Waals surface area contributed by atoms with Crippen molar-refractivity contribution < 1.29 is 19.0 Å². The van der Waals surface area contributed by atoms with Gasteiger partial charge < -0.3 is 14.2 Å². The van der Waals surface area contributed by atoms with Crippen LogP contribution in [0.25, 0.3) is 0 Å². The summed E-state index contributed by atoms with van der Waals surface area (Å²) in [6, 6.07) is 9.77. The van der Waals surface area contributed by atoms with Gasteiger partial charge in [0.15, 0.2) is 0 Å². The van der Waals surface area contributed by atoms with Crippen LogP contribution in [0.3, 0.4) is 0 Å². The Labute approximate surface area is 126 Å². The van der Waals surface area contributed by atoms with Crippen LogP contribution in [0.5, 0.6) is 0 Å². The molecule has 0 spiro atoms. The molecule has 21 heavy (non-hydrogen) atoms. The molecule has 2 bridgehead atoms. The summed E-state index contributed by atoms with van der Waals surface area (Å²) in [7, 11) is 2.02. The summed E-state index contributed by atoms with van der Waals surface area (Å²) < 4.78 is 17.2. The molecule has 5 heteroatoms. The zero-order valence-electron chi connectivity index (χ0n) is 12.6. The highest BCUT2D eigenvalue weighted by Gasteiger charge is 2.55. The molecule has 2 aliphatic rings. The van der Waals surface area contributed by atoms with Gasteiger partial charge in [0, 0.05) is 18.9 Å². The summed E-state index contributed by atoms with van der Waals surface area (Å²) in [5.74, 6) is 0.0333. The van der Waals surface area contributed by atoms with Crippen LogP contribution in [-0.4, -0.2) is 38.1 Å². The summed E-state index contributed by atoms with van der Waals surface area (Å²) >= 11 is 0. The van der Waals surface area contributed by atoms with E-state index < -0.39 is 5.60 Å². The highest BCUT2D eigenvalue weighted by Crippen LogP contribution is 2.45. The topological polar surface area (TPSA) is 44.8 Å². The van der Waals surface area contributed by atoms with Gasteiger partial charge in [0.05, 0.1) is 24.1 Å². The molecule has 1 aromatic rings. The van der Waals surface area contributed by atoms with Crippen molar-refractivity contribution >= 4 is 13.8 Å². The number of benzene rings is 1. The number of carbonyl (C=O) groups excluding carboxylic acids is 1. The van der Waals surface area contributed by atoms with Crippen LogP contribution >= 0.6 is 0 Å². The third-order valence-corrected chi connectivity index (χ3v) is 4.73. The lowest BCUT2D eigenvalue weighted by Gasteiger charge is -2.36. The molecule has 2 heterocycles. The zero-order chi connectivity index (χ0) is 14.9. The maximum atomic E-state index is 12.2. The van der Waals surface area contributed by atoms with Crippen LogP contribution in [-0.2, 0) is 25.6 Å². The average molecular weight is 288 g/mol. The van der Waals surface area contributed by atoms with Gasteiger partial charge in [-0.25, -0.2) is 0 Å². The Kier molecular flexibility index (Phi) is 4.04. The molecule has 2 aliphatic heterocycles. The van der Waals surface area contributed by atoms with Crippen LogP contribution in [0.4, 0.5) is 0 Å². The van der Waals surface area contributed by atoms with Crippen molar-refractivity contribution in [1.82, 2.24) is 0 Å². The first-order valence-corrected chi connectivity index (χ1v) is 7.60. The second-order valence-corrected chi connectivity index (χ2v) is 6.08. The van der Waals surface area contributed by atoms with Gasteiger partial charge in [0.2, 0.25) is 0 Å². The molecule has 0 saturated carbocycles. The summed E-state index contributed by atoms with van der Waals surface area (Å²) in [4.78, 5) is 12.2. The van der Waals surface area contributed by atoms with Gasteiger partial charge in [-0.2, -0.15) is 0 Å². The van der Waals surface area contributed by atoms with E-state index in [0.29, 0.717) is 19.6 Å². The molecule has 0 aromatic heterocycles. The lowest BCUT2D eigenvalue weighted by atomic mass is 9.77. The highest BCUT2D eigenvalue weighted by atomic mass is 16.6. The molecule has 4 atom stereocenters. The quantitative estimate of drug-likeness (QED) is 0.618. The van der Waals surface area contributed by atoms with E-state index >= 15 is 0 Å². The largest absolute Gasteiger partial charge is 0.461 e. The average Bonchev–Trinajstić information content (AvgIpc) is 2.62. The predicted molar refractivity (Wildman–Crippen MR) is 80.5 cm³/mol. The number of hydrogen-bond donors (Lipinski definition) is 0. The summed E-state index contributed by atoms with van der Waals surface area (Å²) in [6.07, 6.45) is 1.17. The van der Waals surface area contributed by atoms with Crippen molar-refractivity contribution in [2.75, 3.05) is 6.61 Å². The van der Waals surface area contributed by atoms with Gasteiger partial charge in [-0.3, -0.25) is 4.79 Å². The van der Waals surface area contributed by atoms with Crippen LogP contribution in [0.15, 0.2) is 30.3 Å². The molecule has 1 aromatic carbocycles. The van der Waals surface area contributed by atoms with Gasteiger partial charge in [-0.1, -0.05) is 37.3 Å². The summed E-state index contributed by atoms with van der Waals surface area (Å²) in [5.41, 5.74) is 0.595. The Morgan fingerprint density at radius 2 is 2.19 bits per heavy atom. The van der Waals surface area contributed by atoms with Crippen molar-refractivity contribution in [3.8, 4) is 0 Å². The zero-order valence-corrected chi connectivity index (χ0v) is 12.6. The van der Waals surface area contributed by atoms with E-state index in [4.69, 9.17) is 14.2 Å². The monoisotopic (exact) mass is 288 g/mol. The standard InChI is InChI=1S/C16H21BO4/c1-11-14-15(17)21-16(11,7-8-19-14)9-13(18)20-10-12-5-3-2-4-6-12/h2-6,11,14-15H,7-10,17H2,1H3/t11?,14?,15-,16-/m1/s1. The van der Waals surface area contributed by atoms with E-state index in [1.54, 1.807) is 0 Å². The first kappa shape index (κ1) is 14.6. The van der Waals surface area contributed by atoms with Gasteiger partial charge in [-0.15, -0.1) is 0 Å². The lowest BCUT2D eigenvalue weighted by Crippen LogP contribution is -2.44. The molecule has 2 fully saturated rings. The van der Waals surface area contributed by atoms with Crippen molar-refractivity contribution in [2.45, 2.75) is 44.1 Å². The molecular weight excluding hydrogens is 267 g/mol. The number of carbonyl (C=O) groups is 1. The third kappa shape index (κ3) is 2.85. The van der Waals surface area contributed by atoms with Gasteiger partial charge in [-0.05, 0) is 5.56 Å². The molecule has 0 radical (unpaired) electrons. The van der Waals surface area contributed by atoms with Crippen LogP contribution in [0.2, 0.25) is 0 Å². The van der Waals surface area contributed by atoms with Gasteiger partial charge >= 0.3 is 5.97 Å². The number of rotatable bonds is 4. The molecule has 3 rings (SSSR count). The lowest BCUT2D eigenvalue weighted by molar-refractivity contribution is -0.155. The first-order chi connectivity index (χ1) is 10.1. The Hall–Kier alpha value is -1.33. The molecule has 2 saturated heterocycles. The summed E-state index contributed by atoms with van der Waals surface area (Å²) in [5, 5.41) is 0.